The number of benzene rings is 1. The molecule has 0 atom stereocenters. The quantitative estimate of drug-likeness (QED) is 0.729. The second-order valence-corrected chi connectivity index (χ2v) is 5.51. The molecule has 1 aliphatic carbocycles. The molecule has 0 spiro atoms. The molecule has 0 aliphatic heterocycles. The number of anilines is 1. The van der Waals surface area contributed by atoms with Crippen LogP contribution in [0.3, 0.4) is 0 Å². The second-order valence-electron chi connectivity index (χ2n) is 5.10. The zero-order valence-electron chi connectivity index (χ0n) is 11.7. The summed E-state index contributed by atoms with van der Waals surface area (Å²) < 4.78 is 5.50. The Balaban J connectivity index is 1.83. The van der Waals surface area contributed by atoms with Gasteiger partial charge in [0, 0.05) is 24.3 Å². The molecule has 0 radical (unpaired) electrons. The lowest BCUT2D eigenvalue weighted by molar-refractivity contribution is 0.328. The van der Waals surface area contributed by atoms with E-state index in [2.05, 4.69) is 10.6 Å². The molecule has 0 amide bonds. The average molecular weight is 293 g/mol. The first kappa shape index (κ1) is 15.1. The standard InChI is InChI=1S/C15H23N3OS/c16-9-10-19-14-8-4-7-13(11-14)18-15(20)17-12-5-2-1-3-6-12/h4,7-8,11-12H,1-3,5-6,9-10,16H2,(H2,17,18,20). The molecule has 1 aromatic rings. The number of thiocarbonyl (C=S) groups is 1. The Hall–Kier alpha value is -1.33. The maximum absolute atomic E-state index is 5.50. The third-order valence-corrected chi connectivity index (χ3v) is 3.64. The van der Waals surface area contributed by atoms with Gasteiger partial charge in [-0.25, -0.2) is 0 Å². The van der Waals surface area contributed by atoms with Gasteiger partial charge in [0.25, 0.3) is 0 Å². The van der Waals surface area contributed by atoms with Crippen LogP contribution in [-0.2, 0) is 0 Å². The molecule has 1 aliphatic rings. The summed E-state index contributed by atoms with van der Waals surface area (Å²) >= 11 is 5.36. The SMILES string of the molecule is NCCOc1cccc(NC(=S)NC2CCCCC2)c1. The van der Waals surface area contributed by atoms with Crippen LogP contribution in [0.2, 0.25) is 0 Å². The van der Waals surface area contributed by atoms with E-state index in [0.717, 1.165) is 11.4 Å². The van der Waals surface area contributed by atoms with Crippen molar-refractivity contribution in [3.05, 3.63) is 24.3 Å². The van der Waals surface area contributed by atoms with Crippen LogP contribution >= 0.6 is 12.2 Å². The summed E-state index contributed by atoms with van der Waals surface area (Å²) in [7, 11) is 0. The van der Waals surface area contributed by atoms with E-state index in [1.165, 1.54) is 32.1 Å². The van der Waals surface area contributed by atoms with Crippen molar-refractivity contribution in [2.45, 2.75) is 38.1 Å². The normalized spacial score (nSPS) is 15.7. The van der Waals surface area contributed by atoms with E-state index < -0.39 is 0 Å². The van der Waals surface area contributed by atoms with Crippen molar-refractivity contribution in [3.8, 4) is 5.75 Å². The highest BCUT2D eigenvalue weighted by Crippen LogP contribution is 2.19. The van der Waals surface area contributed by atoms with Gasteiger partial charge in [-0.1, -0.05) is 25.3 Å². The Morgan fingerprint density at radius 2 is 2.10 bits per heavy atom. The van der Waals surface area contributed by atoms with E-state index in [-0.39, 0.29) is 0 Å². The molecule has 4 N–H and O–H groups in total. The summed E-state index contributed by atoms with van der Waals surface area (Å²) in [6.07, 6.45) is 6.35. The first-order valence-electron chi connectivity index (χ1n) is 7.28. The van der Waals surface area contributed by atoms with Gasteiger partial charge in [0.1, 0.15) is 12.4 Å². The highest BCUT2D eigenvalue weighted by molar-refractivity contribution is 7.80. The van der Waals surface area contributed by atoms with Crippen LogP contribution in [0.5, 0.6) is 5.75 Å². The summed E-state index contributed by atoms with van der Waals surface area (Å²) in [5.74, 6) is 0.806. The van der Waals surface area contributed by atoms with Crippen molar-refractivity contribution in [2.75, 3.05) is 18.5 Å². The minimum Gasteiger partial charge on any atom is -0.492 e. The summed E-state index contributed by atoms with van der Waals surface area (Å²) in [5.41, 5.74) is 6.37. The smallest absolute Gasteiger partial charge is 0.170 e. The highest BCUT2D eigenvalue weighted by atomic mass is 32.1. The largest absolute Gasteiger partial charge is 0.492 e. The Bertz CT molecular complexity index is 433. The first-order chi connectivity index (χ1) is 9.78. The Labute approximate surface area is 126 Å². The maximum Gasteiger partial charge on any atom is 0.170 e. The first-order valence-corrected chi connectivity index (χ1v) is 7.69. The van der Waals surface area contributed by atoms with Gasteiger partial charge in [-0.2, -0.15) is 0 Å². The molecule has 4 nitrogen and oxygen atoms in total. The van der Waals surface area contributed by atoms with Crippen LogP contribution in [0.1, 0.15) is 32.1 Å². The molecular formula is C15H23N3OS. The fourth-order valence-electron chi connectivity index (χ4n) is 2.44. The summed E-state index contributed by atoms with van der Waals surface area (Å²) in [5, 5.41) is 7.29. The van der Waals surface area contributed by atoms with Crippen molar-refractivity contribution < 1.29 is 4.74 Å². The molecule has 110 valence electrons. The van der Waals surface area contributed by atoms with Gasteiger partial charge >= 0.3 is 0 Å². The van der Waals surface area contributed by atoms with Crippen molar-refractivity contribution in [1.29, 1.82) is 0 Å². The Morgan fingerprint density at radius 1 is 1.30 bits per heavy atom. The monoisotopic (exact) mass is 293 g/mol. The van der Waals surface area contributed by atoms with Crippen molar-refractivity contribution in [3.63, 3.8) is 0 Å². The minimum atomic E-state index is 0.513. The average Bonchev–Trinajstić information content (AvgIpc) is 2.46. The number of rotatable bonds is 5. The third kappa shape index (κ3) is 4.98. The fourth-order valence-corrected chi connectivity index (χ4v) is 2.72. The molecule has 0 heterocycles. The van der Waals surface area contributed by atoms with Gasteiger partial charge in [-0.05, 0) is 37.2 Å². The number of nitrogens with one attached hydrogen (secondary N) is 2. The zero-order valence-corrected chi connectivity index (χ0v) is 12.5. The Morgan fingerprint density at radius 3 is 2.85 bits per heavy atom. The van der Waals surface area contributed by atoms with Crippen LogP contribution in [0.15, 0.2) is 24.3 Å². The Kier molecular flexibility index (Phi) is 6.08. The molecular weight excluding hydrogens is 270 g/mol. The molecule has 5 heteroatoms. The third-order valence-electron chi connectivity index (χ3n) is 3.42. The van der Waals surface area contributed by atoms with Crippen LogP contribution in [-0.4, -0.2) is 24.3 Å². The molecule has 0 aromatic heterocycles. The van der Waals surface area contributed by atoms with Gasteiger partial charge in [-0.15, -0.1) is 0 Å². The maximum atomic E-state index is 5.50. The van der Waals surface area contributed by atoms with Gasteiger partial charge in [0.15, 0.2) is 5.11 Å². The van der Waals surface area contributed by atoms with E-state index in [0.29, 0.717) is 24.3 Å². The van der Waals surface area contributed by atoms with Gasteiger partial charge in [0.05, 0.1) is 0 Å². The number of ether oxygens (including phenoxy) is 1. The van der Waals surface area contributed by atoms with Crippen LogP contribution in [0.4, 0.5) is 5.69 Å². The number of nitrogens with two attached hydrogens (primary N) is 1. The van der Waals surface area contributed by atoms with E-state index in [1.54, 1.807) is 0 Å². The van der Waals surface area contributed by atoms with E-state index >= 15 is 0 Å². The predicted molar refractivity (Wildman–Crippen MR) is 87.2 cm³/mol. The predicted octanol–water partition coefficient (Wildman–Crippen LogP) is 2.64. The lowest BCUT2D eigenvalue weighted by Gasteiger charge is -2.24. The number of hydrogen-bond acceptors (Lipinski definition) is 3. The highest BCUT2D eigenvalue weighted by Gasteiger charge is 2.13. The molecule has 0 saturated heterocycles. The van der Waals surface area contributed by atoms with Crippen molar-refractivity contribution >= 4 is 23.0 Å². The lowest BCUT2D eigenvalue weighted by atomic mass is 9.96. The zero-order chi connectivity index (χ0) is 14.2. The van der Waals surface area contributed by atoms with Gasteiger partial charge in [-0.3, -0.25) is 0 Å². The van der Waals surface area contributed by atoms with Crippen molar-refractivity contribution in [2.24, 2.45) is 5.73 Å². The summed E-state index contributed by atoms with van der Waals surface area (Å²) in [4.78, 5) is 0. The molecule has 20 heavy (non-hydrogen) atoms. The lowest BCUT2D eigenvalue weighted by Crippen LogP contribution is -2.38. The van der Waals surface area contributed by atoms with Gasteiger partial charge < -0.3 is 21.1 Å². The van der Waals surface area contributed by atoms with Crippen LogP contribution in [0.25, 0.3) is 0 Å². The molecule has 1 aromatic carbocycles. The van der Waals surface area contributed by atoms with E-state index in [1.807, 2.05) is 24.3 Å². The topological polar surface area (TPSA) is 59.3 Å². The fraction of sp³-hybridized carbons (Fsp3) is 0.533. The number of hydrogen-bond donors (Lipinski definition) is 3. The van der Waals surface area contributed by atoms with E-state index in [9.17, 15) is 0 Å². The summed E-state index contributed by atoms with van der Waals surface area (Å²) in [6, 6.07) is 8.28. The molecule has 0 bridgehead atoms. The molecule has 1 fully saturated rings. The van der Waals surface area contributed by atoms with Crippen LogP contribution < -0.4 is 21.1 Å². The molecule has 2 rings (SSSR count). The second kappa shape index (κ2) is 8.07. The summed E-state index contributed by atoms with van der Waals surface area (Å²) in [6.45, 7) is 1.04. The van der Waals surface area contributed by atoms with Crippen molar-refractivity contribution in [1.82, 2.24) is 5.32 Å². The van der Waals surface area contributed by atoms with E-state index in [4.69, 9.17) is 22.7 Å². The minimum absolute atomic E-state index is 0.513. The molecule has 0 unspecified atom stereocenters. The van der Waals surface area contributed by atoms with Gasteiger partial charge in [0.2, 0.25) is 0 Å². The van der Waals surface area contributed by atoms with Crippen LogP contribution in [0, 0.1) is 0 Å². The molecule has 1 saturated carbocycles.